The van der Waals surface area contributed by atoms with Gasteiger partial charge in [0.15, 0.2) is 5.78 Å². The van der Waals surface area contributed by atoms with E-state index in [0.717, 1.165) is 16.4 Å². The molecule has 7 nitrogen and oxygen atoms in total. The minimum Gasteiger partial charge on any atom is -0.497 e. The Morgan fingerprint density at radius 1 is 0.914 bits per heavy atom. The Bertz CT molecular complexity index is 1240. The van der Waals surface area contributed by atoms with Gasteiger partial charge in [-0.05, 0) is 78.6 Å². The standard InChI is InChI=1S/C27H23ClN2O5/c1-35-17-8-4-14(5-9-17)22(31)13-29(25(32)15-2-6-16(28)7-3-15)30-26(33)23-18-10-11-19(21-12-20(18)21)24(23)27(30)34/h2-11,18-21,23-24H,12-13H2,1H3/t18-,19-,20-,21+,23-,24+/m0/s1. The van der Waals surface area contributed by atoms with Crippen molar-refractivity contribution in [2.75, 3.05) is 13.7 Å². The largest absolute Gasteiger partial charge is 0.497 e. The molecule has 4 aliphatic carbocycles. The van der Waals surface area contributed by atoms with Crippen LogP contribution in [0.4, 0.5) is 0 Å². The number of rotatable bonds is 6. The number of ether oxygens (including phenoxy) is 1. The van der Waals surface area contributed by atoms with Gasteiger partial charge in [0, 0.05) is 16.1 Å². The summed E-state index contributed by atoms with van der Waals surface area (Å²) in [7, 11) is 1.53. The third-order valence-electron chi connectivity index (χ3n) is 7.91. The van der Waals surface area contributed by atoms with Crippen molar-refractivity contribution < 1.29 is 23.9 Å². The number of imide groups is 1. The predicted octanol–water partition coefficient (Wildman–Crippen LogP) is 3.64. The highest BCUT2D eigenvalue weighted by Crippen LogP contribution is 2.65. The van der Waals surface area contributed by atoms with Crippen molar-refractivity contribution >= 4 is 35.1 Å². The predicted molar refractivity (Wildman–Crippen MR) is 126 cm³/mol. The van der Waals surface area contributed by atoms with Gasteiger partial charge < -0.3 is 4.74 Å². The van der Waals surface area contributed by atoms with Crippen molar-refractivity contribution in [3.8, 4) is 5.75 Å². The molecule has 178 valence electrons. The van der Waals surface area contributed by atoms with E-state index in [1.54, 1.807) is 36.4 Å². The Kier molecular flexibility index (Phi) is 5.07. The summed E-state index contributed by atoms with van der Waals surface area (Å²) in [5, 5.41) is 2.42. The number of hydrazine groups is 1. The molecule has 0 N–H and O–H groups in total. The van der Waals surface area contributed by atoms with E-state index in [-0.39, 0.29) is 17.4 Å². The molecule has 2 bridgehead atoms. The Balaban J connectivity index is 1.35. The van der Waals surface area contributed by atoms with Gasteiger partial charge in [0.25, 0.3) is 17.7 Å². The van der Waals surface area contributed by atoms with E-state index < -0.39 is 41.9 Å². The van der Waals surface area contributed by atoms with Crippen LogP contribution in [0.25, 0.3) is 0 Å². The van der Waals surface area contributed by atoms with Crippen LogP contribution in [-0.2, 0) is 9.59 Å². The monoisotopic (exact) mass is 490 g/mol. The maximum Gasteiger partial charge on any atom is 0.273 e. The molecular formula is C27H23ClN2O5. The van der Waals surface area contributed by atoms with Crippen LogP contribution >= 0.6 is 11.6 Å². The van der Waals surface area contributed by atoms with Crippen molar-refractivity contribution in [1.82, 2.24) is 10.0 Å². The molecule has 0 spiro atoms. The van der Waals surface area contributed by atoms with Gasteiger partial charge in [-0.2, -0.15) is 5.01 Å². The fourth-order valence-corrected chi connectivity index (χ4v) is 6.28. The molecule has 1 saturated heterocycles. The highest BCUT2D eigenvalue weighted by atomic mass is 35.5. The topological polar surface area (TPSA) is 84.0 Å². The molecule has 35 heavy (non-hydrogen) atoms. The molecule has 8 heteroatoms. The molecule has 1 aliphatic heterocycles. The number of carbonyl (C=O) groups excluding carboxylic acids is 4. The van der Waals surface area contributed by atoms with Crippen molar-refractivity contribution in [2.24, 2.45) is 35.5 Å². The van der Waals surface area contributed by atoms with E-state index >= 15 is 0 Å². The number of benzene rings is 2. The normalized spacial score (nSPS) is 29.6. The summed E-state index contributed by atoms with van der Waals surface area (Å²) in [5.74, 6) is -1.24. The van der Waals surface area contributed by atoms with Crippen molar-refractivity contribution in [3.63, 3.8) is 0 Å². The second-order valence-electron chi connectivity index (χ2n) is 9.66. The first-order valence-electron chi connectivity index (χ1n) is 11.7. The third-order valence-corrected chi connectivity index (χ3v) is 8.16. The van der Waals surface area contributed by atoms with E-state index in [2.05, 4.69) is 12.2 Å². The second kappa shape index (κ2) is 8.05. The summed E-state index contributed by atoms with van der Waals surface area (Å²) in [6, 6.07) is 12.6. The lowest BCUT2D eigenvalue weighted by atomic mass is 9.63. The first-order valence-corrected chi connectivity index (χ1v) is 12.1. The van der Waals surface area contributed by atoms with Crippen LogP contribution in [0.2, 0.25) is 5.02 Å². The molecule has 2 aromatic carbocycles. The molecule has 3 fully saturated rings. The lowest BCUT2D eigenvalue weighted by Crippen LogP contribution is -2.52. The van der Waals surface area contributed by atoms with Gasteiger partial charge in [-0.1, -0.05) is 23.8 Å². The lowest BCUT2D eigenvalue weighted by molar-refractivity contribution is -0.154. The SMILES string of the molecule is COc1ccc(C(=O)CN(C(=O)c2ccc(Cl)cc2)N2C(=O)[C@@H]3[C@H]4C=C[C@@H]([C@@H]5C[C@H]45)[C@@H]3C2=O)cc1. The van der Waals surface area contributed by atoms with Gasteiger partial charge >= 0.3 is 0 Å². The molecular weight excluding hydrogens is 468 g/mol. The van der Waals surface area contributed by atoms with Crippen LogP contribution in [-0.4, -0.2) is 47.2 Å². The first-order chi connectivity index (χ1) is 16.9. The molecule has 0 aromatic heterocycles. The number of halogens is 1. The van der Waals surface area contributed by atoms with Crippen LogP contribution in [0, 0.1) is 35.5 Å². The average Bonchev–Trinajstić information content (AvgIpc) is 3.66. The summed E-state index contributed by atoms with van der Waals surface area (Å²) in [4.78, 5) is 54.2. The number of nitrogens with zero attached hydrogens (tertiary/aromatic N) is 2. The van der Waals surface area contributed by atoms with Gasteiger partial charge in [-0.15, -0.1) is 0 Å². The number of hydrogen-bond acceptors (Lipinski definition) is 5. The zero-order chi connectivity index (χ0) is 24.4. The Morgan fingerprint density at radius 2 is 1.46 bits per heavy atom. The fraction of sp³-hybridized carbons (Fsp3) is 0.333. The first kappa shape index (κ1) is 22.0. The zero-order valence-corrected chi connectivity index (χ0v) is 19.7. The molecule has 1 heterocycles. The fourth-order valence-electron chi connectivity index (χ4n) is 6.16. The number of hydrogen-bond donors (Lipinski definition) is 0. The molecule has 0 radical (unpaired) electrons. The molecule has 2 aromatic rings. The number of allylic oxidation sites excluding steroid dienone is 2. The van der Waals surface area contributed by atoms with Crippen LogP contribution < -0.4 is 4.74 Å². The van der Waals surface area contributed by atoms with E-state index in [9.17, 15) is 19.2 Å². The quantitative estimate of drug-likeness (QED) is 0.350. The maximum atomic E-state index is 13.7. The molecule has 7 rings (SSSR count). The van der Waals surface area contributed by atoms with Gasteiger partial charge in [0.2, 0.25) is 0 Å². The highest BCUT2D eigenvalue weighted by molar-refractivity contribution is 6.30. The van der Waals surface area contributed by atoms with Crippen molar-refractivity contribution in [1.29, 1.82) is 0 Å². The number of amides is 3. The van der Waals surface area contributed by atoms with Crippen LogP contribution in [0.1, 0.15) is 27.1 Å². The van der Waals surface area contributed by atoms with Crippen molar-refractivity contribution in [3.05, 3.63) is 76.8 Å². The number of carbonyl (C=O) groups is 4. The Hall–Kier alpha value is -3.45. The van der Waals surface area contributed by atoms with E-state index in [1.165, 1.54) is 19.2 Å². The number of Topliss-reactive ketones (excluding diaryl/α,β-unsaturated/α-hetero) is 1. The smallest absolute Gasteiger partial charge is 0.273 e. The summed E-state index contributed by atoms with van der Waals surface area (Å²) in [5.41, 5.74) is 0.579. The van der Waals surface area contributed by atoms with Crippen LogP contribution in [0.15, 0.2) is 60.7 Å². The van der Waals surface area contributed by atoms with Gasteiger partial charge in [0.05, 0.1) is 18.9 Å². The van der Waals surface area contributed by atoms with Crippen LogP contribution in [0.3, 0.4) is 0 Å². The zero-order valence-electron chi connectivity index (χ0n) is 19.0. The molecule has 3 amide bonds. The van der Waals surface area contributed by atoms with Gasteiger partial charge in [0.1, 0.15) is 12.3 Å². The van der Waals surface area contributed by atoms with Gasteiger partial charge in [-0.3, -0.25) is 19.2 Å². The lowest BCUT2D eigenvalue weighted by Gasteiger charge is -2.37. The van der Waals surface area contributed by atoms with Crippen LogP contribution in [0.5, 0.6) is 5.75 Å². The average molecular weight is 491 g/mol. The Morgan fingerprint density at radius 3 is 2.00 bits per heavy atom. The molecule has 6 atom stereocenters. The van der Waals surface area contributed by atoms with E-state index in [1.807, 2.05) is 0 Å². The summed E-state index contributed by atoms with van der Waals surface area (Å²) < 4.78 is 5.15. The molecule has 0 unspecified atom stereocenters. The van der Waals surface area contributed by atoms with E-state index in [4.69, 9.17) is 16.3 Å². The van der Waals surface area contributed by atoms with Gasteiger partial charge in [-0.25, -0.2) is 5.01 Å². The number of ketones is 1. The Labute approximate surface area is 207 Å². The molecule has 2 saturated carbocycles. The van der Waals surface area contributed by atoms with E-state index in [0.29, 0.717) is 28.2 Å². The summed E-state index contributed by atoms with van der Waals surface area (Å²) in [6.07, 6.45) is 5.18. The maximum absolute atomic E-state index is 13.7. The highest BCUT2D eigenvalue weighted by Gasteiger charge is 2.68. The molecule has 5 aliphatic rings. The minimum atomic E-state index is -0.602. The summed E-state index contributed by atoms with van der Waals surface area (Å²) >= 11 is 5.98. The van der Waals surface area contributed by atoms with Crippen molar-refractivity contribution in [2.45, 2.75) is 6.42 Å². The third kappa shape index (κ3) is 3.40. The minimum absolute atomic E-state index is 0.0150. The second-order valence-corrected chi connectivity index (χ2v) is 10.1. The number of methoxy groups -OCH3 is 1. The summed E-state index contributed by atoms with van der Waals surface area (Å²) in [6.45, 7) is -0.444.